The summed E-state index contributed by atoms with van der Waals surface area (Å²) < 4.78 is 27.9. The molecule has 2 N–H and O–H groups in total. The van der Waals surface area contributed by atoms with E-state index in [2.05, 4.69) is 14.9 Å². The number of amides is 1. The van der Waals surface area contributed by atoms with Gasteiger partial charge in [0.15, 0.2) is 0 Å². The summed E-state index contributed by atoms with van der Waals surface area (Å²) in [5.41, 5.74) is 2.68. The predicted molar refractivity (Wildman–Crippen MR) is 125 cm³/mol. The lowest BCUT2D eigenvalue weighted by Gasteiger charge is -2.36. The van der Waals surface area contributed by atoms with Crippen LogP contribution in [0, 0.1) is 19.8 Å². The molecule has 0 bridgehead atoms. The van der Waals surface area contributed by atoms with Gasteiger partial charge in [-0.05, 0) is 75.9 Å². The van der Waals surface area contributed by atoms with Crippen LogP contribution in [0.4, 0.5) is 5.69 Å². The molecule has 0 radical (unpaired) electrons. The Kier molecular flexibility index (Phi) is 7.75. The number of aryl methyl sites for hydroxylation is 2. The van der Waals surface area contributed by atoms with Crippen LogP contribution in [-0.2, 0) is 14.8 Å². The maximum atomic E-state index is 12.8. The smallest absolute Gasteiger partial charge is 0.241 e. The predicted octanol–water partition coefficient (Wildman–Crippen LogP) is 3.97. The number of hydrogen-bond acceptors (Lipinski definition) is 4. The maximum absolute atomic E-state index is 12.8. The Labute approximate surface area is 190 Å². The molecule has 0 spiro atoms. The molecule has 1 aliphatic rings. The number of rotatable bonds is 7. The molecule has 0 saturated carbocycles. The average Bonchev–Trinajstić information content (AvgIpc) is 2.75. The Bertz CT molecular complexity index is 1020. The van der Waals surface area contributed by atoms with E-state index in [0.717, 1.165) is 30.5 Å². The summed E-state index contributed by atoms with van der Waals surface area (Å²) >= 11 is 6.05. The fraction of sp³-hybridized carbons (Fsp3) is 0.435. The fourth-order valence-electron chi connectivity index (χ4n) is 3.78. The first-order valence-electron chi connectivity index (χ1n) is 10.5. The second-order valence-corrected chi connectivity index (χ2v) is 10.5. The molecule has 2 aromatic carbocycles. The zero-order chi connectivity index (χ0) is 22.6. The monoisotopic (exact) mass is 463 g/mol. The summed E-state index contributed by atoms with van der Waals surface area (Å²) in [5, 5.41) is 3.54. The lowest BCUT2D eigenvalue weighted by Crippen LogP contribution is -2.49. The second kappa shape index (κ2) is 10.1. The highest BCUT2D eigenvalue weighted by Gasteiger charge is 2.28. The van der Waals surface area contributed by atoms with Crippen LogP contribution >= 0.6 is 11.6 Å². The van der Waals surface area contributed by atoms with Gasteiger partial charge < -0.3 is 5.32 Å². The van der Waals surface area contributed by atoms with Gasteiger partial charge >= 0.3 is 0 Å². The number of nitrogens with one attached hydrogen (secondary N) is 2. The number of sulfonamides is 1. The normalized spacial score (nSPS) is 18.5. The number of carbonyl (C=O) groups is 1. The lowest BCUT2D eigenvalue weighted by atomic mass is 9.97. The summed E-state index contributed by atoms with van der Waals surface area (Å²) in [7, 11) is -3.54. The van der Waals surface area contributed by atoms with Crippen LogP contribution in [-0.4, -0.2) is 44.9 Å². The zero-order valence-corrected chi connectivity index (χ0v) is 19.8. The van der Waals surface area contributed by atoms with Crippen LogP contribution in [0.5, 0.6) is 0 Å². The highest BCUT2D eigenvalue weighted by atomic mass is 35.5. The molecule has 0 aliphatic carbocycles. The molecule has 31 heavy (non-hydrogen) atoms. The van der Waals surface area contributed by atoms with Crippen LogP contribution in [0.1, 0.15) is 30.9 Å². The molecule has 6 nitrogen and oxygen atoms in total. The standard InChI is InChI=1S/C23H30ClN3O3S/c1-16-6-10-21(11-7-16)31(29,30)25-14-19-5-4-12-27(15-19)18(3)23(28)26-22-13-20(24)9-8-17(22)2/h6-11,13,18-19,25H,4-5,12,14-15H2,1-3H3,(H,26,28). The molecule has 8 heteroatoms. The third kappa shape index (κ3) is 6.29. The van der Waals surface area contributed by atoms with Crippen LogP contribution < -0.4 is 10.0 Å². The van der Waals surface area contributed by atoms with E-state index in [1.54, 1.807) is 36.4 Å². The van der Waals surface area contributed by atoms with E-state index in [9.17, 15) is 13.2 Å². The number of nitrogens with zero attached hydrogens (tertiary/aromatic N) is 1. The van der Waals surface area contributed by atoms with Gasteiger partial charge in [-0.15, -0.1) is 0 Å². The minimum atomic E-state index is -3.54. The first kappa shape index (κ1) is 23.7. The minimum absolute atomic E-state index is 0.0914. The maximum Gasteiger partial charge on any atom is 0.241 e. The largest absolute Gasteiger partial charge is 0.324 e. The van der Waals surface area contributed by atoms with Crippen LogP contribution in [0.15, 0.2) is 47.4 Å². The Morgan fingerprint density at radius 1 is 1.19 bits per heavy atom. The second-order valence-electron chi connectivity index (χ2n) is 8.29. The van der Waals surface area contributed by atoms with E-state index in [1.165, 1.54) is 0 Å². The van der Waals surface area contributed by atoms with Crippen LogP contribution in [0.2, 0.25) is 5.02 Å². The number of benzene rings is 2. The van der Waals surface area contributed by atoms with E-state index >= 15 is 0 Å². The summed E-state index contributed by atoms with van der Waals surface area (Å²) in [6.45, 7) is 7.56. The topological polar surface area (TPSA) is 78.5 Å². The highest BCUT2D eigenvalue weighted by molar-refractivity contribution is 7.89. The first-order valence-corrected chi connectivity index (χ1v) is 12.4. The van der Waals surface area contributed by atoms with Gasteiger partial charge in [-0.25, -0.2) is 13.1 Å². The first-order chi connectivity index (χ1) is 14.7. The Hall–Kier alpha value is -1.93. The van der Waals surface area contributed by atoms with Crippen molar-refractivity contribution in [1.29, 1.82) is 0 Å². The summed E-state index contributed by atoms with van der Waals surface area (Å²) in [5.74, 6) is 0.0587. The van der Waals surface area contributed by atoms with Gasteiger partial charge in [0, 0.05) is 23.8 Å². The van der Waals surface area contributed by atoms with Crippen LogP contribution in [0.3, 0.4) is 0 Å². The molecule has 1 amide bonds. The molecule has 1 fully saturated rings. The number of likely N-dealkylation sites (tertiary alicyclic amines) is 1. The molecule has 2 aromatic rings. The minimum Gasteiger partial charge on any atom is -0.324 e. The van der Waals surface area contributed by atoms with Crippen LogP contribution in [0.25, 0.3) is 0 Å². The molecule has 3 rings (SSSR count). The van der Waals surface area contributed by atoms with Crippen molar-refractivity contribution in [3.8, 4) is 0 Å². The van der Waals surface area contributed by atoms with E-state index in [0.29, 0.717) is 23.8 Å². The number of anilines is 1. The van der Waals surface area contributed by atoms with E-state index in [-0.39, 0.29) is 22.8 Å². The number of carbonyl (C=O) groups excluding carboxylic acids is 1. The molecule has 2 unspecified atom stereocenters. The van der Waals surface area contributed by atoms with Crippen molar-refractivity contribution in [1.82, 2.24) is 9.62 Å². The molecule has 0 aromatic heterocycles. The quantitative estimate of drug-likeness (QED) is 0.651. The average molecular weight is 464 g/mol. The molecule has 1 saturated heterocycles. The Balaban J connectivity index is 1.57. The van der Waals surface area contributed by atoms with Crippen molar-refractivity contribution < 1.29 is 13.2 Å². The molecular weight excluding hydrogens is 434 g/mol. The fourth-order valence-corrected chi connectivity index (χ4v) is 5.06. The molecule has 2 atom stereocenters. The van der Waals surface area contributed by atoms with E-state index in [1.807, 2.05) is 26.8 Å². The van der Waals surface area contributed by atoms with Gasteiger partial charge in [-0.1, -0.05) is 35.4 Å². The number of halogens is 1. The molecule has 168 valence electrons. The van der Waals surface area contributed by atoms with Gasteiger partial charge in [0.1, 0.15) is 0 Å². The van der Waals surface area contributed by atoms with Crippen molar-refractivity contribution in [2.75, 3.05) is 25.0 Å². The Morgan fingerprint density at radius 3 is 2.61 bits per heavy atom. The summed E-state index contributed by atoms with van der Waals surface area (Å²) in [6, 6.07) is 11.9. The van der Waals surface area contributed by atoms with Crippen molar-refractivity contribution in [3.05, 3.63) is 58.6 Å². The third-order valence-electron chi connectivity index (χ3n) is 5.83. The highest BCUT2D eigenvalue weighted by Crippen LogP contribution is 2.23. The molecular formula is C23H30ClN3O3S. The summed E-state index contributed by atoms with van der Waals surface area (Å²) in [6.07, 6.45) is 1.85. The lowest BCUT2D eigenvalue weighted by molar-refractivity contribution is -0.121. The van der Waals surface area contributed by atoms with Gasteiger partial charge in [-0.3, -0.25) is 9.69 Å². The third-order valence-corrected chi connectivity index (χ3v) is 7.50. The van der Waals surface area contributed by atoms with Gasteiger partial charge in [0.25, 0.3) is 0 Å². The summed E-state index contributed by atoms with van der Waals surface area (Å²) in [4.78, 5) is 15.2. The van der Waals surface area contributed by atoms with Crippen molar-refractivity contribution >= 4 is 33.2 Å². The zero-order valence-electron chi connectivity index (χ0n) is 18.2. The van der Waals surface area contributed by atoms with Gasteiger partial charge in [-0.2, -0.15) is 0 Å². The SMILES string of the molecule is Cc1ccc(S(=O)(=O)NCC2CCCN(C(C)C(=O)Nc3cc(Cl)ccc3C)C2)cc1. The van der Waals surface area contributed by atoms with Crippen molar-refractivity contribution in [2.24, 2.45) is 5.92 Å². The van der Waals surface area contributed by atoms with E-state index in [4.69, 9.17) is 11.6 Å². The van der Waals surface area contributed by atoms with Gasteiger partial charge in [0.2, 0.25) is 15.9 Å². The molecule has 1 heterocycles. The van der Waals surface area contributed by atoms with E-state index < -0.39 is 10.0 Å². The molecule has 1 aliphatic heterocycles. The number of hydrogen-bond donors (Lipinski definition) is 2. The van der Waals surface area contributed by atoms with Crippen molar-refractivity contribution in [2.45, 2.75) is 44.6 Å². The number of piperidine rings is 1. The van der Waals surface area contributed by atoms with Gasteiger partial charge in [0.05, 0.1) is 10.9 Å². The Morgan fingerprint density at radius 2 is 1.90 bits per heavy atom. The van der Waals surface area contributed by atoms with Crippen molar-refractivity contribution in [3.63, 3.8) is 0 Å².